The number of hydrogen-bond donors (Lipinski definition) is 0. The fraction of sp³-hybridized carbons (Fsp3) is 0.235. The molecular weight excluding hydrogens is 369 g/mol. The Morgan fingerprint density at radius 3 is 2.56 bits per heavy atom. The first-order chi connectivity index (χ1) is 11.9. The highest BCUT2D eigenvalue weighted by Gasteiger charge is 2.17. The molecule has 8 heteroatoms. The summed E-state index contributed by atoms with van der Waals surface area (Å²) >= 11 is 5.76. The minimum absolute atomic E-state index is 0.164. The van der Waals surface area contributed by atoms with Crippen molar-refractivity contribution in [2.45, 2.75) is 11.9 Å². The average molecular weight is 384 g/mol. The highest BCUT2D eigenvalue weighted by atomic mass is 35.5. The van der Waals surface area contributed by atoms with Crippen molar-refractivity contribution in [3.63, 3.8) is 0 Å². The lowest BCUT2D eigenvalue weighted by Crippen LogP contribution is -2.22. The zero-order valence-electron chi connectivity index (χ0n) is 13.1. The number of hydrogen-bond acceptors (Lipinski definition) is 5. The van der Waals surface area contributed by atoms with Gasteiger partial charge >= 0.3 is 0 Å². The molecule has 0 heterocycles. The van der Waals surface area contributed by atoms with E-state index in [1.165, 1.54) is 18.2 Å². The van der Waals surface area contributed by atoms with Gasteiger partial charge in [-0.3, -0.25) is 4.18 Å². The van der Waals surface area contributed by atoms with Crippen LogP contribution in [0.3, 0.4) is 0 Å². The summed E-state index contributed by atoms with van der Waals surface area (Å²) in [6, 6.07) is 14.7. The average Bonchev–Trinajstić information content (AvgIpc) is 2.59. The number of halogens is 2. The number of alkyl halides is 1. The molecule has 2 aromatic carbocycles. The molecule has 0 aliphatic heterocycles. The molecule has 0 fully saturated rings. The summed E-state index contributed by atoms with van der Waals surface area (Å²) in [5.74, 6) is -0.168. The van der Waals surface area contributed by atoms with Gasteiger partial charge in [-0.2, -0.15) is 13.7 Å². The molecule has 0 radical (unpaired) electrons. The van der Waals surface area contributed by atoms with Gasteiger partial charge in [-0.1, -0.05) is 41.9 Å². The number of ether oxygens (including phenoxy) is 1. The Morgan fingerprint density at radius 2 is 1.88 bits per heavy atom. The Kier molecular flexibility index (Phi) is 6.76. The minimum Gasteiger partial charge on any atom is -0.489 e. The van der Waals surface area contributed by atoms with Crippen LogP contribution in [0.2, 0.25) is 5.02 Å². The SMILES string of the molecule is N#Cc1cc(Cl)ccc1OC[C@@H](F)COS(=O)(=O)Cc1ccccc1. The van der Waals surface area contributed by atoms with Gasteiger partial charge in [0.05, 0.1) is 5.56 Å². The van der Waals surface area contributed by atoms with Gasteiger partial charge in [0.2, 0.25) is 0 Å². The van der Waals surface area contributed by atoms with Crippen LogP contribution >= 0.6 is 11.6 Å². The first-order valence-electron chi connectivity index (χ1n) is 7.27. The van der Waals surface area contributed by atoms with E-state index in [0.717, 1.165) is 0 Å². The second-order valence-corrected chi connectivity index (χ2v) is 7.21. The summed E-state index contributed by atoms with van der Waals surface area (Å²) in [6.45, 7) is -1.11. The monoisotopic (exact) mass is 383 g/mol. The zero-order chi connectivity index (χ0) is 18.3. The Hall–Kier alpha value is -2.14. The van der Waals surface area contributed by atoms with Gasteiger partial charge in [0.15, 0.2) is 6.17 Å². The van der Waals surface area contributed by atoms with Crippen LogP contribution in [0.5, 0.6) is 5.75 Å². The van der Waals surface area contributed by atoms with Crippen molar-refractivity contribution in [3.05, 3.63) is 64.7 Å². The second kappa shape index (κ2) is 8.81. The number of nitrogens with zero attached hydrogens (tertiary/aromatic N) is 1. The molecule has 0 spiro atoms. The van der Waals surface area contributed by atoms with Crippen LogP contribution in [0.25, 0.3) is 0 Å². The molecule has 25 heavy (non-hydrogen) atoms. The van der Waals surface area contributed by atoms with E-state index in [0.29, 0.717) is 10.6 Å². The first kappa shape index (κ1) is 19.2. The van der Waals surface area contributed by atoms with E-state index in [1.54, 1.807) is 30.3 Å². The van der Waals surface area contributed by atoms with E-state index in [-0.39, 0.29) is 17.1 Å². The van der Waals surface area contributed by atoms with Gasteiger partial charge in [0, 0.05) is 5.02 Å². The summed E-state index contributed by atoms with van der Waals surface area (Å²) in [7, 11) is -3.90. The summed E-state index contributed by atoms with van der Waals surface area (Å²) in [5, 5.41) is 9.33. The summed E-state index contributed by atoms with van der Waals surface area (Å²) in [4.78, 5) is 0. The van der Waals surface area contributed by atoms with Gasteiger partial charge < -0.3 is 4.74 Å². The van der Waals surface area contributed by atoms with Crippen molar-refractivity contribution < 1.29 is 21.7 Å². The van der Waals surface area contributed by atoms with Crippen LogP contribution in [-0.4, -0.2) is 27.8 Å². The van der Waals surface area contributed by atoms with Crippen molar-refractivity contribution in [2.75, 3.05) is 13.2 Å². The molecule has 0 saturated heterocycles. The van der Waals surface area contributed by atoms with Gasteiger partial charge in [-0.25, -0.2) is 4.39 Å². The molecule has 2 rings (SSSR count). The third kappa shape index (κ3) is 6.35. The summed E-state index contributed by atoms with van der Waals surface area (Å²) < 4.78 is 47.4. The predicted molar refractivity (Wildman–Crippen MR) is 91.6 cm³/mol. The van der Waals surface area contributed by atoms with Gasteiger partial charge in [-0.15, -0.1) is 0 Å². The van der Waals surface area contributed by atoms with E-state index in [4.69, 9.17) is 25.8 Å². The quantitative estimate of drug-likeness (QED) is 0.652. The van der Waals surface area contributed by atoms with Crippen LogP contribution < -0.4 is 4.74 Å². The molecular formula is C17H15ClFNO4S. The van der Waals surface area contributed by atoms with Crippen LogP contribution in [0, 0.1) is 11.3 Å². The van der Waals surface area contributed by atoms with Crippen molar-refractivity contribution in [3.8, 4) is 11.8 Å². The largest absolute Gasteiger partial charge is 0.489 e. The molecule has 0 amide bonds. The van der Waals surface area contributed by atoms with Crippen molar-refractivity contribution in [1.29, 1.82) is 5.26 Å². The molecule has 1 atom stereocenters. The molecule has 0 bridgehead atoms. The van der Waals surface area contributed by atoms with Crippen LogP contribution in [0.4, 0.5) is 4.39 Å². The highest BCUT2D eigenvalue weighted by Crippen LogP contribution is 2.22. The van der Waals surface area contributed by atoms with Crippen molar-refractivity contribution in [1.82, 2.24) is 0 Å². The summed E-state index contributed by atoms with van der Waals surface area (Å²) in [6.07, 6.45) is -1.67. The molecule has 132 valence electrons. The van der Waals surface area contributed by atoms with Crippen molar-refractivity contribution >= 4 is 21.7 Å². The first-order valence-corrected chi connectivity index (χ1v) is 9.23. The molecule has 0 aliphatic rings. The third-order valence-electron chi connectivity index (χ3n) is 3.10. The lowest BCUT2D eigenvalue weighted by molar-refractivity contribution is 0.137. The third-order valence-corrected chi connectivity index (χ3v) is 4.51. The standard InChI is InChI=1S/C17H15ClFNO4S/c18-15-6-7-17(14(8-15)9-20)23-10-16(19)11-24-25(21,22)12-13-4-2-1-3-5-13/h1-8,16H,10-12H2/t16-/m1/s1. The Morgan fingerprint density at radius 1 is 1.16 bits per heavy atom. The van der Waals surface area contributed by atoms with Crippen LogP contribution in [0.1, 0.15) is 11.1 Å². The Labute approximate surface area is 150 Å². The predicted octanol–water partition coefficient (Wildman–Crippen LogP) is 3.48. The molecule has 5 nitrogen and oxygen atoms in total. The van der Waals surface area contributed by atoms with E-state index in [1.807, 2.05) is 6.07 Å². The van der Waals surface area contributed by atoms with Crippen molar-refractivity contribution in [2.24, 2.45) is 0 Å². The lowest BCUT2D eigenvalue weighted by atomic mass is 10.2. The molecule has 0 aliphatic carbocycles. The Balaban J connectivity index is 1.84. The van der Waals surface area contributed by atoms with E-state index >= 15 is 0 Å². The molecule has 2 aromatic rings. The number of benzene rings is 2. The fourth-order valence-electron chi connectivity index (χ4n) is 1.94. The minimum atomic E-state index is -3.90. The maximum atomic E-state index is 13.8. The molecule has 0 unspecified atom stereocenters. The molecule has 0 saturated carbocycles. The topological polar surface area (TPSA) is 76.4 Å². The van der Waals surface area contributed by atoms with E-state index < -0.39 is 29.5 Å². The fourth-order valence-corrected chi connectivity index (χ4v) is 3.15. The normalized spacial score (nSPS) is 12.4. The van der Waals surface area contributed by atoms with Crippen LogP contribution in [0.15, 0.2) is 48.5 Å². The highest BCUT2D eigenvalue weighted by molar-refractivity contribution is 7.85. The van der Waals surface area contributed by atoms with E-state index in [9.17, 15) is 12.8 Å². The van der Waals surface area contributed by atoms with Gasteiger partial charge in [0.1, 0.15) is 30.8 Å². The Bertz CT molecular complexity index is 853. The number of nitriles is 1. The summed E-state index contributed by atoms with van der Waals surface area (Å²) in [5.41, 5.74) is 0.714. The maximum absolute atomic E-state index is 13.8. The van der Waals surface area contributed by atoms with Crippen LogP contribution in [-0.2, 0) is 20.1 Å². The van der Waals surface area contributed by atoms with Gasteiger partial charge in [0.25, 0.3) is 10.1 Å². The smallest absolute Gasteiger partial charge is 0.271 e. The second-order valence-electron chi connectivity index (χ2n) is 5.13. The van der Waals surface area contributed by atoms with Gasteiger partial charge in [-0.05, 0) is 23.8 Å². The zero-order valence-corrected chi connectivity index (χ0v) is 14.6. The van der Waals surface area contributed by atoms with E-state index in [2.05, 4.69) is 0 Å². The number of rotatable bonds is 8. The lowest BCUT2D eigenvalue weighted by Gasteiger charge is -2.12. The molecule has 0 N–H and O–H groups in total. The maximum Gasteiger partial charge on any atom is 0.271 e. The molecule has 0 aromatic heterocycles.